The second-order valence-electron chi connectivity index (χ2n) is 7.04. The lowest BCUT2D eigenvalue weighted by Crippen LogP contribution is -2.34. The van der Waals surface area contributed by atoms with Crippen molar-refractivity contribution >= 4 is 17.0 Å². The van der Waals surface area contributed by atoms with Gasteiger partial charge < -0.3 is 14.4 Å². The first-order valence-electron chi connectivity index (χ1n) is 9.70. The quantitative estimate of drug-likeness (QED) is 0.491. The normalized spacial score (nSPS) is 12.2. The van der Waals surface area contributed by atoms with E-state index in [2.05, 4.69) is 10.1 Å². The van der Waals surface area contributed by atoms with Crippen molar-refractivity contribution in [2.45, 2.75) is 26.1 Å². The molecule has 0 fully saturated rings. The lowest BCUT2D eigenvalue weighted by Gasteiger charge is -2.25. The number of oxazole rings is 1. The van der Waals surface area contributed by atoms with Gasteiger partial charge in [-0.2, -0.15) is 5.10 Å². The first kappa shape index (κ1) is 19.7. The van der Waals surface area contributed by atoms with Crippen LogP contribution in [0.3, 0.4) is 0 Å². The van der Waals surface area contributed by atoms with Gasteiger partial charge in [0.15, 0.2) is 5.58 Å². The zero-order valence-corrected chi connectivity index (χ0v) is 16.5. The number of H-pyrrole nitrogens is 1. The van der Waals surface area contributed by atoms with Gasteiger partial charge in [-0.3, -0.25) is 14.5 Å². The van der Waals surface area contributed by atoms with E-state index in [0.717, 1.165) is 5.56 Å². The average Bonchev–Trinajstić information content (AvgIpc) is 3.38. The number of aryl methyl sites for hydroxylation is 1. The number of aromatic amines is 1. The van der Waals surface area contributed by atoms with Crippen LogP contribution in [0.2, 0.25) is 0 Å². The molecule has 0 bridgehead atoms. The van der Waals surface area contributed by atoms with Crippen LogP contribution in [0.15, 0.2) is 70.1 Å². The molecule has 2 N–H and O–H groups in total. The van der Waals surface area contributed by atoms with Gasteiger partial charge in [0.2, 0.25) is 0 Å². The van der Waals surface area contributed by atoms with Gasteiger partial charge in [-0.1, -0.05) is 30.3 Å². The Morgan fingerprint density at radius 3 is 2.80 bits per heavy atom. The second kappa shape index (κ2) is 8.38. The van der Waals surface area contributed by atoms with Crippen molar-refractivity contribution in [1.82, 2.24) is 19.7 Å². The second-order valence-corrected chi connectivity index (χ2v) is 7.04. The Bertz CT molecular complexity index is 1210. The highest BCUT2D eigenvalue weighted by Crippen LogP contribution is 2.20. The molecule has 1 unspecified atom stereocenters. The van der Waals surface area contributed by atoms with Crippen LogP contribution < -0.4 is 5.76 Å². The van der Waals surface area contributed by atoms with E-state index in [1.807, 2.05) is 37.3 Å². The number of nitrogens with zero attached hydrogens (tertiary/aromatic N) is 3. The molecule has 8 heteroatoms. The zero-order chi connectivity index (χ0) is 21.1. The van der Waals surface area contributed by atoms with Gasteiger partial charge in [0.25, 0.3) is 5.91 Å². The molecule has 1 atom stereocenters. The van der Waals surface area contributed by atoms with Crippen LogP contribution in [-0.2, 0) is 13.1 Å². The number of carbonyl (C=O) groups excluding carboxylic acids is 1. The van der Waals surface area contributed by atoms with Gasteiger partial charge in [0.05, 0.1) is 24.4 Å². The van der Waals surface area contributed by atoms with Crippen molar-refractivity contribution in [3.8, 4) is 0 Å². The molecule has 4 rings (SSSR count). The number of hydrogen-bond acceptors (Lipinski definition) is 5. The molecule has 4 aromatic rings. The van der Waals surface area contributed by atoms with Crippen LogP contribution in [0, 0.1) is 0 Å². The summed E-state index contributed by atoms with van der Waals surface area (Å²) in [6.07, 6.45) is 2.51. The van der Waals surface area contributed by atoms with E-state index in [9.17, 15) is 14.7 Å². The summed E-state index contributed by atoms with van der Waals surface area (Å²) in [4.78, 5) is 28.9. The fourth-order valence-electron chi connectivity index (χ4n) is 3.33. The van der Waals surface area contributed by atoms with Crippen molar-refractivity contribution in [3.63, 3.8) is 0 Å². The Kier molecular flexibility index (Phi) is 5.49. The monoisotopic (exact) mass is 406 g/mol. The number of benzene rings is 2. The van der Waals surface area contributed by atoms with Crippen molar-refractivity contribution < 1.29 is 14.3 Å². The topological polar surface area (TPSA) is 104 Å². The molecule has 2 aromatic heterocycles. The van der Waals surface area contributed by atoms with Crippen LogP contribution >= 0.6 is 0 Å². The van der Waals surface area contributed by atoms with Gasteiger partial charge in [-0.15, -0.1) is 0 Å². The minimum absolute atomic E-state index is 0.100. The molecule has 0 aliphatic carbocycles. The van der Waals surface area contributed by atoms with Crippen molar-refractivity contribution in [2.24, 2.45) is 0 Å². The predicted molar refractivity (Wildman–Crippen MR) is 111 cm³/mol. The molecule has 154 valence electrons. The van der Waals surface area contributed by atoms with Crippen LogP contribution in [0.25, 0.3) is 11.1 Å². The smallest absolute Gasteiger partial charge is 0.408 e. The number of amides is 1. The summed E-state index contributed by atoms with van der Waals surface area (Å²) in [6.45, 7) is 3.09. The summed E-state index contributed by atoms with van der Waals surface area (Å²) in [7, 11) is 0. The van der Waals surface area contributed by atoms with Crippen LogP contribution in [0.1, 0.15) is 34.5 Å². The molecule has 8 nitrogen and oxygen atoms in total. The third-order valence-corrected chi connectivity index (χ3v) is 4.92. The Hall–Kier alpha value is -3.65. The summed E-state index contributed by atoms with van der Waals surface area (Å²) in [6, 6.07) is 14.4. The molecule has 30 heavy (non-hydrogen) atoms. The molecule has 0 spiro atoms. The largest absolute Gasteiger partial charge is 0.417 e. The third-order valence-electron chi connectivity index (χ3n) is 4.92. The highest BCUT2D eigenvalue weighted by atomic mass is 16.4. The molecular weight excluding hydrogens is 384 g/mol. The van der Waals surface area contributed by atoms with Gasteiger partial charge >= 0.3 is 5.76 Å². The summed E-state index contributed by atoms with van der Waals surface area (Å²) in [5.41, 5.74) is 2.83. The van der Waals surface area contributed by atoms with Crippen molar-refractivity contribution in [1.29, 1.82) is 0 Å². The van der Waals surface area contributed by atoms with E-state index in [4.69, 9.17) is 4.42 Å². The summed E-state index contributed by atoms with van der Waals surface area (Å²) < 4.78 is 6.74. The number of aromatic nitrogens is 3. The molecule has 0 saturated carbocycles. The Balaban J connectivity index is 1.62. The maximum Gasteiger partial charge on any atom is 0.417 e. The Morgan fingerprint density at radius 2 is 2.07 bits per heavy atom. The molecular formula is C22H22N4O4. The van der Waals surface area contributed by atoms with E-state index in [-0.39, 0.29) is 12.5 Å². The van der Waals surface area contributed by atoms with E-state index in [1.54, 1.807) is 40.2 Å². The summed E-state index contributed by atoms with van der Waals surface area (Å²) in [5, 5.41) is 14.9. The van der Waals surface area contributed by atoms with Gasteiger partial charge in [-0.05, 0) is 30.7 Å². The zero-order valence-electron chi connectivity index (χ0n) is 16.5. The fraction of sp³-hybridized carbons (Fsp3) is 0.227. The predicted octanol–water partition coefficient (Wildman–Crippen LogP) is 2.71. The number of fused-ring (bicyclic) bond motifs is 1. The molecule has 2 heterocycles. The first-order valence-corrected chi connectivity index (χ1v) is 9.70. The first-order chi connectivity index (χ1) is 14.5. The Morgan fingerprint density at radius 1 is 1.27 bits per heavy atom. The van der Waals surface area contributed by atoms with Gasteiger partial charge in [0, 0.05) is 30.4 Å². The van der Waals surface area contributed by atoms with Gasteiger partial charge in [-0.25, -0.2) is 4.79 Å². The lowest BCUT2D eigenvalue weighted by molar-refractivity contribution is 0.0603. The standard InChI is InChI=1S/C22H22N4O4/c1-2-26-13-17(11-23-26)19(27)14-25(12-15-6-4-3-5-7-15)21(28)16-8-9-20-18(10-16)24-22(29)30-20/h3-11,13,19,27H,2,12,14H2,1H3,(H,24,29). The van der Waals surface area contributed by atoms with Crippen LogP contribution in [0.4, 0.5) is 0 Å². The van der Waals surface area contributed by atoms with Crippen molar-refractivity contribution in [2.75, 3.05) is 6.54 Å². The maximum atomic E-state index is 13.3. The number of nitrogens with one attached hydrogen (secondary N) is 1. The molecule has 1 amide bonds. The molecule has 2 aromatic carbocycles. The van der Waals surface area contributed by atoms with E-state index < -0.39 is 11.9 Å². The number of rotatable bonds is 7. The van der Waals surface area contributed by atoms with E-state index in [0.29, 0.717) is 35.3 Å². The minimum atomic E-state index is -0.879. The number of aliphatic hydroxyl groups is 1. The molecule has 0 aliphatic heterocycles. The van der Waals surface area contributed by atoms with Crippen LogP contribution in [0.5, 0.6) is 0 Å². The summed E-state index contributed by atoms with van der Waals surface area (Å²) in [5.74, 6) is -0.830. The summed E-state index contributed by atoms with van der Waals surface area (Å²) >= 11 is 0. The molecule has 0 radical (unpaired) electrons. The number of carbonyl (C=O) groups is 1. The Labute approximate surface area is 172 Å². The average molecular weight is 406 g/mol. The maximum absolute atomic E-state index is 13.3. The number of hydrogen-bond donors (Lipinski definition) is 2. The molecule has 0 saturated heterocycles. The highest BCUT2D eigenvalue weighted by Gasteiger charge is 2.22. The van der Waals surface area contributed by atoms with Crippen molar-refractivity contribution in [3.05, 3.63) is 88.2 Å². The van der Waals surface area contributed by atoms with Gasteiger partial charge in [0.1, 0.15) is 0 Å². The fourth-order valence-corrected chi connectivity index (χ4v) is 3.33. The third kappa shape index (κ3) is 4.18. The minimum Gasteiger partial charge on any atom is -0.408 e. The lowest BCUT2D eigenvalue weighted by atomic mass is 10.1. The van der Waals surface area contributed by atoms with E-state index >= 15 is 0 Å². The number of aliphatic hydroxyl groups excluding tert-OH is 1. The SMILES string of the molecule is CCn1cc(C(O)CN(Cc2ccccc2)C(=O)c2ccc3oc(=O)[nH]c3c2)cn1. The van der Waals surface area contributed by atoms with E-state index in [1.165, 1.54) is 0 Å². The molecule has 0 aliphatic rings. The van der Waals surface area contributed by atoms with Crippen LogP contribution in [-0.4, -0.2) is 37.2 Å². The highest BCUT2D eigenvalue weighted by molar-refractivity contribution is 5.97.